The number of carbonyl (C=O) groups excluding carboxylic acids is 1. The number of nitrogens with two attached hydrogens (primary N) is 1. The van der Waals surface area contributed by atoms with E-state index in [0.29, 0.717) is 16.4 Å². The average Bonchev–Trinajstić information content (AvgIpc) is 3.28. The van der Waals surface area contributed by atoms with E-state index in [1.807, 2.05) is 35.7 Å². The molecule has 1 aliphatic carbocycles. The molecule has 1 saturated carbocycles. The molecule has 1 aliphatic heterocycles. The molecule has 6 nitrogen and oxygen atoms in total. The Balaban J connectivity index is 1.76. The van der Waals surface area contributed by atoms with Gasteiger partial charge < -0.3 is 10.5 Å². The SMILES string of the molecule is COC(=O)CSC1=C(C#N)C2(CCCCC2)C(c2nc(-c3ccccc3)cs2)C(N)=N1. The highest BCUT2D eigenvalue weighted by Gasteiger charge is 2.50. The number of thiazole rings is 1. The van der Waals surface area contributed by atoms with Gasteiger partial charge in [-0.15, -0.1) is 11.3 Å². The van der Waals surface area contributed by atoms with Gasteiger partial charge in [-0.25, -0.2) is 9.98 Å². The fourth-order valence-corrected chi connectivity index (χ4v) is 6.56. The number of thioether (sulfide) groups is 1. The van der Waals surface area contributed by atoms with E-state index < -0.39 is 5.41 Å². The van der Waals surface area contributed by atoms with Crippen molar-refractivity contribution in [3.63, 3.8) is 0 Å². The number of benzene rings is 1. The average molecular weight is 453 g/mol. The van der Waals surface area contributed by atoms with E-state index in [4.69, 9.17) is 15.5 Å². The number of amidine groups is 1. The number of nitrogens with zero attached hydrogens (tertiary/aromatic N) is 3. The lowest BCUT2D eigenvalue weighted by Gasteiger charge is -2.44. The molecule has 0 bridgehead atoms. The third-order valence-electron chi connectivity index (χ3n) is 6.04. The lowest BCUT2D eigenvalue weighted by Crippen LogP contribution is -2.43. The van der Waals surface area contributed by atoms with Crippen LogP contribution in [0.25, 0.3) is 11.3 Å². The molecular weight excluding hydrogens is 428 g/mol. The summed E-state index contributed by atoms with van der Waals surface area (Å²) in [5, 5.41) is 13.7. The van der Waals surface area contributed by atoms with E-state index in [1.54, 1.807) is 11.3 Å². The minimum Gasteiger partial charge on any atom is -0.468 e. The number of allylic oxidation sites excluding steroid dienone is 1. The molecule has 0 radical (unpaired) electrons. The molecule has 8 heteroatoms. The third kappa shape index (κ3) is 4.12. The van der Waals surface area contributed by atoms with E-state index in [1.165, 1.54) is 18.9 Å². The zero-order chi connectivity index (χ0) is 21.8. The van der Waals surface area contributed by atoms with Crippen LogP contribution >= 0.6 is 23.1 Å². The Morgan fingerprint density at radius 3 is 2.74 bits per heavy atom. The van der Waals surface area contributed by atoms with Crippen LogP contribution in [0.2, 0.25) is 0 Å². The van der Waals surface area contributed by atoms with Crippen LogP contribution in [-0.2, 0) is 9.53 Å². The summed E-state index contributed by atoms with van der Waals surface area (Å²) in [6.07, 6.45) is 4.92. The number of carbonyl (C=O) groups is 1. The van der Waals surface area contributed by atoms with Gasteiger partial charge in [0.25, 0.3) is 0 Å². The van der Waals surface area contributed by atoms with Crippen LogP contribution in [-0.4, -0.2) is 29.7 Å². The smallest absolute Gasteiger partial charge is 0.316 e. The van der Waals surface area contributed by atoms with Gasteiger partial charge >= 0.3 is 5.97 Å². The normalized spacial score (nSPS) is 20.3. The van der Waals surface area contributed by atoms with E-state index in [0.717, 1.165) is 48.4 Å². The number of methoxy groups -OCH3 is 1. The molecule has 1 unspecified atom stereocenters. The predicted octanol–water partition coefficient (Wildman–Crippen LogP) is 4.86. The maximum absolute atomic E-state index is 11.7. The molecule has 1 fully saturated rings. The molecule has 0 saturated heterocycles. The molecule has 2 aliphatic rings. The first-order chi connectivity index (χ1) is 15.1. The van der Waals surface area contributed by atoms with Crippen molar-refractivity contribution >= 4 is 34.9 Å². The van der Waals surface area contributed by atoms with Crippen molar-refractivity contribution in [1.82, 2.24) is 4.98 Å². The van der Waals surface area contributed by atoms with Crippen LogP contribution in [0.15, 0.2) is 51.3 Å². The van der Waals surface area contributed by atoms with Gasteiger partial charge in [0.05, 0.1) is 36.1 Å². The highest BCUT2D eigenvalue weighted by atomic mass is 32.2. The Bertz CT molecular complexity index is 1060. The zero-order valence-electron chi connectivity index (χ0n) is 17.3. The number of hydrogen-bond donors (Lipinski definition) is 1. The Morgan fingerprint density at radius 1 is 1.32 bits per heavy atom. The molecule has 2 heterocycles. The van der Waals surface area contributed by atoms with Crippen molar-refractivity contribution in [3.05, 3.63) is 51.3 Å². The zero-order valence-corrected chi connectivity index (χ0v) is 19.0. The highest BCUT2D eigenvalue weighted by Crippen LogP contribution is 2.56. The summed E-state index contributed by atoms with van der Waals surface area (Å²) in [6.45, 7) is 0. The second kappa shape index (κ2) is 9.25. The van der Waals surface area contributed by atoms with E-state index in [2.05, 4.69) is 11.1 Å². The van der Waals surface area contributed by atoms with Crippen LogP contribution in [0.3, 0.4) is 0 Å². The Hall–Kier alpha value is -2.63. The summed E-state index contributed by atoms with van der Waals surface area (Å²) >= 11 is 2.80. The van der Waals surface area contributed by atoms with Gasteiger partial charge in [0.1, 0.15) is 15.9 Å². The summed E-state index contributed by atoms with van der Waals surface area (Å²) < 4.78 is 4.76. The Morgan fingerprint density at radius 2 is 2.06 bits per heavy atom. The first kappa shape index (κ1) is 21.6. The summed E-state index contributed by atoms with van der Waals surface area (Å²) in [6, 6.07) is 12.5. The van der Waals surface area contributed by atoms with Crippen molar-refractivity contribution in [3.8, 4) is 17.3 Å². The van der Waals surface area contributed by atoms with E-state index in [9.17, 15) is 10.1 Å². The second-order valence-corrected chi connectivity index (χ2v) is 9.63. The number of hydrogen-bond acceptors (Lipinski definition) is 8. The topological polar surface area (TPSA) is 101 Å². The van der Waals surface area contributed by atoms with Gasteiger partial charge in [0, 0.05) is 16.4 Å². The monoisotopic (exact) mass is 452 g/mol. The molecule has 31 heavy (non-hydrogen) atoms. The molecule has 1 aromatic carbocycles. The van der Waals surface area contributed by atoms with Gasteiger partial charge in [0.2, 0.25) is 0 Å². The first-order valence-electron chi connectivity index (χ1n) is 10.3. The molecule has 2 N–H and O–H groups in total. The summed E-state index contributed by atoms with van der Waals surface area (Å²) in [4.78, 5) is 21.2. The van der Waals surface area contributed by atoms with Crippen LogP contribution in [0.4, 0.5) is 0 Å². The molecule has 4 rings (SSSR count). The second-order valence-electron chi connectivity index (χ2n) is 7.78. The lowest BCUT2D eigenvalue weighted by molar-refractivity contribution is -0.137. The largest absolute Gasteiger partial charge is 0.468 e. The number of aliphatic imine (C=N–C) groups is 1. The third-order valence-corrected chi connectivity index (χ3v) is 7.90. The highest BCUT2D eigenvalue weighted by molar-refractivity contribution is 8.03. The number of rotatable bonds is 5. The number of ether oxygens (including phenoxy) is 1. The van der Waals surface area contributed by atoms with Crippen molar-refractivity contribution in [2.75, 3.05) is 12.9 Å². The number of nitriles is 1. The molecule has 1 spiro atoms. The molecular formula is C23H24N4O2S2. The van der Waals surface area contributed by atoms with Gasteiger partial charge in [-0.1, -0.05) is 61.4 Å². The fourth-order valence-electron chi connectivity index (χ4n) is 4.57. The summed E-state index contributed by atoms with van der Waals surface area (Å²) in [5.41, 5.74) is 8.73. The molecule has 0 amide bonds. The maximum atomic E-state index is 11.7. The molecule has 1 atom stereocenters. The van der Waals surface area contributed by atoms with Gasteiger partial charge in [-0.05, 0) is 12.8 Å². The van der Waals surface area contributed by atoms with Gasteiger partial charge in [-0.2, -0.15) is 5.26 Å². The Labute approximate surface area is 190 Å². The summed E-state index contributed by atoms with van der Waals surface area (Å²) in [7, 11) is 1.35. The van der Waals surface area contributed by atoms with E-state index in [-0.39, 0.29) is 17.6 Å². The predicted molar refractivity (Wildman–Crippen MR) is 125 cm³/mol. The van der Waals surface area contributed by atoms with Crippen LogP contribution in [0.5, 0.6) is 0 Å². The molecule has 2 aromatic rings. The van der Waals surface area contributed by atoms with Crippen molar-refractivity contribution in [1.29, 1.82) is 5.26 Å². The van der Waals surface area contributed by atoms with Gasteiger partial charge in [0.15, 0.2) is 0 Å². The Kier molecular flexibility index (Phi) is 6.44. The summed E-state index contributed by atoms with van der Waals surface area (Å²) in [5.74, 6) is -0.00495. The quantitative estimate of drug-likeness (QED) is 0.650. The number of aromatic nitrogens is 1. The molecule has 160 valence electrons. The van der Waals surface area contributed by atoms with Crippen molar-refractivity contribution in [2.45, 2.75) is 38.0 Å². The van der Waals surface area contributed by atoms with Crippen LogP contribution < -0.4 is 5.73 Å². The van der Waals surface area contributed by atoms with Crippen LogP contribution in [0.1, 0.15) is 43.0 Å². The maximum Gasteiger partial charge on any atom is 0.316 e. The first-order valence-corrected chi connectivity index (χ1v) is 12.1. The van der Waals surface area contributed by atoms with Crippen molar-refractivity contribution < 1.29 is 9.53 Å². The van der Waals surface area contributed by atoms with Gasteiger partial charge in [-0.3, -0.25) is 4.79 Å². The molecule has 1 aromatic heterocycles. The minimum absolute atomic E-state index is 0.101. The van der Waals surface area contributed by atoms with Crippen LogP contribution in [0, 0.1) is 16.7 Å². The van der Waals surface area contributed by atoms with Crippen molar-refractivity contribution in [2.24, 2.45) is 16.1 Å². The fraction of sp³-hybridized carbons (Fsp3) is 0.391. The van der Waals surface area contributed by atoms with E-state index >= 15 is 0 Å². The number of esters is 1. The standard InChI is InChI=1S/C23H24N4O2S2/c1-29-18(28)14-31-21-16(12-24)23(10-6-3-7-11-23)19(20(25)27-21)22-26-17(13-30-22)15-8-4-2-5-9-15/h2,4-5,8-9,13,19H,3,6-7,10-11,14H2,1H3,(H2,25,27). The minimum atomic E-state index is -0.427. The lowest BCUT2D eigenvalue weighted by atomic mass is 9.61.